The van der Waals surface area contributed by atoms with Gasteiger partial charge in [0.25, 0.3) is 0 Å². The molecule has 3 aromatic heterocycles. The minimum absolute atomic E-state index is 0.122. The highest BCUT2D eigenvalue weighted by Crippen LogP contribution is 2.43. The van der Waals surface area contributed by atoms with Crippen molar-refractivity contribution in [3.05, 3.63) is 157 Å². The first-order chi connectivity index (χ1) is 26.1. The molecule has 0 N–H and O–H groups in total. The lowest BCUT2D eigenvalue weighted by Crippen LogP contribution is -2.02. The van der Waals surface area contributed by atoms with Gasteiger partial charge in [0.15, 0.2) is 0 Å². The minimum atomic E-state index is 0.122. The van der Waals surface area contributed by atoms with Crippen molar-refractivity contribution in [2.45, 2.75) is 19.8 Å². The third kappa shape index (κ3) is 4.49. The third-order valence-electron chi connectivity index (χ3n) is 10.8. The van der Waals surface area contributed by atoms with Crippen LogP contribution >= 0.6 is 0 Å². The van der Waals surface area contributed by atoms with E-state index >= 15 is 0 Å². The highest BCUT2D eigenvalue weighted by molar-refractivity contribution is 6.23. The van der Waals surface area contributed by atoms with E-state index in [-0.39, 0.29) is 5.92 Å². The van der Waals surface area contributed by atoms with Crippen LogP contribution in [-0.2, 0) is 0 Å². The number of aromatic nitrogens is 2. The number of fused-ring (bicyclic) bond motifs is 12. The Morgan fingerprint density at radius 2 is 0.811 bits per heavy atom. The van der Waals surface area contributed by atoms with Crippen LogP contribution in [0.15, 0.2) is 160 Å². The lowest BCUT2D eigenvalue weighted by atomic mass is 9.91. The second-order valence-electron chi connectivity index (χ2n) is 14.3. The monoisotopic (exact) mass is 680 g/mol. The normalized spacial score (nSPS) is 12.1. The van der Waals surface area contributed by atoms with Gasteiger partial charge in [0.1, 0.15) is 22.3 Å². The minimum Gasteiger partial charge on any atom is -0.455 e. The Labute approximate surface area is 304 Å². The van der Waals surface area contributed by atoms with Gasteiger partial charge in [-0.25, -0.2) is 9.97 Å². The first-order valence-corrected chi connectivity index (χ1v) is 18.2. The molecule has 3 heterocycles. The van der Waals surface area contributed by atoms with Crippen molar-refractivity contribution in [1.82, 2.24) is 9.97 Å². The Kier molecular flexibility index (Phi) is 6.41. The number of benzene rings is 8. The summed E-state index contributed by atoms with van der Waals surface area (Å²) in [5, 5.41) is 8.98. The molecule has 0 aliphatic carbocycles. The topological polar surface area (TPSA) is 52.1 Å². The number of rotatable bonds is 4. The molecule has 8 aromatic carbocycles. The average molecular weight is 681 g/mol. The van der Waals surface area contributed by atoms with E-state index in [1.807, 2.05) is 24.3 Å². The molecule has 0 bridgehead atoms. The van der Waals surface area contributed by atoms with Crippen molar-refractivity contribution in [2.75, 3.05) is 0 Å². The fourth-order valence-corrected chi connectivity index (χ4v) is 8.31. The van der Waals surface area contributed by atoms with Crippen molar-refractivity contribution in [3.63, 3.8) is 0 Å². The van der Waals surface area contributed by atoms with E-state index < -0.39 is 0 Å². The summed E-state index contributed by atoms with van der Waals surface area (Å²) in [6, 6.07) is 53.2. The molecule has 11 rings (SSSR count). The van der Waals surface area contributed by atoms with Crippen molar-refractivity contribution in [2.24, 2.45) is 0 Å². The molecule has 0 aliphatic heterocycles. The molecular weight excluding hydrogens is 649 g/mol. The van der Waals surface area contributed by atoms with Gasteiger partial charge >= 0.3 is 0 Å². The number of nitrogens with zero attached hydrogens (tertiary/aromatic N) is 2. The summed E-state index contributed by atoms with van der Waals surface area (Å²) < 4.78 is 13.2. The van der Waals surface area contributed by atoms with Crippen LogP contribution in [0.4, 0.5) is 0 Å². The van der Waals surface area contributed by atoms with E-state index in [0.29, 0.717) is 0 Å². The Morgan fingerprint density at radius 3 is 1.32 bits per heavy atom. The van der Waals surface area contributed by atoms with E-state index in [1.54, 1.807) is 0 Å². The summed E-state index contributed by atoms with van der Waals surface area (Å²) in [5.74, 6) is 0.122. The third-order valence-corrected chi connectivity index (χ3v) is 10.8. The van der Waals surface area contributed by atoms with Crippen LogP contribution in [0.5, 0.6) is 0 Å². The fraction of sp³-hybridized carbons (Fsp3) is 0.0612. The Balaban J connectivity index is 1.25. The van der Waals surface area contributed by atoms with Crippen molar-refractivity contribution in [1.29, 1.82) is 0 Å². The van der Waals surface area contributed by atoms with Crippen molar-refractivity contribution < 1.29 is 8.83 Å². The van der Waals surface area contributed by atoms with Crippen molar-refractivity contribution >= 4 is 76.5 Å². The summed E-state index contributed by atoms with van der Waals surface area (Å²) in [7, 11) is 0. The smallest absolute Gasteiger partial charge is 0.143 e. The number of hydrogen-bond donors (Lipinski definition) is 0. The van der Waals surface area contributed by atoms with E-state index in [9.17, 15) is 0 Å². The molecule has 4 nitrogen and oxygen atoms in total. The summed E-state index contributed by atoms with van der Waals surface area (Å²) in [6.45, 7) is 4.41. The molecule has 4 heteroatoms. The number of hydrogen-bond acceptors (Lipinski definition) is 4. The van der Waals surface area contributed by atoms with E-state index in [4.69, 9.17) is 18.8 Å². The zero-order chi connectivity index (χ0) is 35.2. The maximum absolute atomic E-state index is 6.60. The van der Waals surface area contributed by atoms with Gasteiger partial charge in [0.05, 0.1) is 22.4 Å². The Hall–Kier alpha value is -6.78. The molecule has 0 radical (unpaired) electrons. The van der Waals surface area contributed by atoms with E-state index in [0.717, 1.165) is 105 Å². The first-order valence-electron chi connectivity index (χ1n) is 18.2. The van der Waals surface area contributed by atoms with Crippen LogP contribution in [-0.4, -0.2) is 9.97 Å². The summed E-state index contributed by atoms with van der Waals surface area (Å²) in [4.78, 5) is 11.1. The molecule has 0 unspecified atom stereocenters. The second-order valence-corrected chi connectivity index (χ2v) is 14.3. The van der Waals surface area contributed by atoms with Crippen LogP contribution in [0.3, 0.4) is 0 Å². The standard InChI is InChI=1S/C49H32N2O2/c1-28(2)44-45(51-47-39-18-6-4-14-35(39)34-13-3-5-17-38(34)46(47)50-44)31-26-29(32-19-11-21-40-36-15-7-9-23-42(36)52-48(32)40)25-30(27-31)33-20-12-22-41-37-16-8-10-24-43(37)53-49(33)41/h3-28H,1-2H3. The van der Waals surface area contributed by atoms with Gasteiger partial charge in [0, 0.05) is 49.0 Å². The highest BCUT2D eigenvalue weighted by Gasteiger charge is 2.22. The van der Waals surface area contributed by atoms with Gasteiger partial charge in [-0.3, -0.25) is 0 Å². The van der Waals surface area contributed by atoms with Crippen LogP contribution < -0.4 is 0 Å². The lowest BCUT2D eigenvalue weighted by molar-refractivity contribution is 0.670. The Morgan fingerprint density at radius 1 is 0.396 bits per heavy atom. The predicted molar refractivity (Wildman–Crippen MR) is 220 cm³/mol. The van der Waals surface area contributed by atoms with Crippen LogP contribution in [0.1, 0.15) is 25.5 Å². The van der Waals surface area contributed by atoms with Crippen LogP contribution in [0.2, 0.25) is 0 Å². The van der Waals surface area contributed by atoms with Crippen molar-refractivity contribution in [3.8, 4) is 33.5 Å². The second kappa shape index (κ2) is 11.4. The lowest BCUT2D eigenvalue weighted by Gasteiger charge is -2.17. The maximum Gasteiger partial charge on any atom is 0.143 e. The average Bonchev–Trinajstić information content (AvgIpc) is 3.79. The van der Waals surface area contributed by atoms with Gasteiger partial charge in [-0.1, -0.05) is 135 Å². The fourth-order valence-electron chi connectivity index (χ4n) is 8.31. The summed E-state index contributed by atoms with van der Waals surface area (Å²) in [5.41, 5.74) is 12.3. The number of para-hydroxylation sites is 4. The zero-order valence-electron chi connectivity index (χ0n) is 29.2. The van der Waals surface area contributed by atoms with Gasteiger partial charge < -0.3 is 8.83 Å². The summed E-state index contributed by atoms with van der Waals surface area (Å²) >= 11 is 0. The molecule has 250 valence electrons. The molecule has 0 aliphatic rings. The molecular formula is C49H32N2O2. The van der Waals surface area contributed by atoms with E-state index in [1.165, 1.54) is 10.8 Å². The van der Waals surface area contributed by atoms with Crippen LogP contribution in [0.25, 0.3) is 110 Å². The predicted octanol–water partition coefficient (Wildman–Crippen LogP) is 13.9. The molecule has 0 saturated carbocycles. The van der Waals surface area contributed by atoms with Gasteiger partial charge in [-0.05, 0) is 58.1 Å². The van der Waals surface area contributed by atoms with Gasteiger partial charge in [0.2, 0.25) is 0 Å². The van der Waals surface area contributed by atoms with E-state index in [2.05, 4.69) is 141 Å². The highest BCUT2D eigenvalue weighted by atomic mass is 16.3. The first kappa shape index (κ1) is 29.9. The largest absolute Gasteiger partial charge is 0.455 e. The summed E-state index contributed by atoms with van der Waals surface area (Å²) in [6.07, 6.45) is 0. The quantitative estimate of drug-likeness (QED) is 0.174. The van der Waals surface area contributed by atoms with Gasteiger partial charge in [-0.2, -0.15) is 0 Å². The molecule has 53 heavy (non-hydrogen) atoms. The van der Waals surface area contributed by atoms with Gasteiger partial charge in [-0.15, -0.1) is 0 Å². The zero-order valence-corrected chi connectivity index (χ0v) is 29.2. The Bertz CT molecular complexity index is 3140. The molecule has 0 saturated heterocycles. The molecule has 0 atom stereocenters. The molecule has 11 aromatic rings. The molecule has 0 fully saturated rings. The van der Waals surface area contributed by atoms with Crippen LogP contribution in [0, 0.1) is 0 Å². The molecule has 0 amide bonds. The SMILES string of the molecule is CC(C)c1nc2c3ccccc3c3ccccc3c2nc1-c1cc(-c2cccc3c2oc2ccccc23)cc(-c2cccc3c2oc2ccccc23)c1. The number of furan rings is 2. The maximum atomic E-state index is 6.60. The molecule has 0 spiro atoms.